The first-order valence-electron chi connectivity index (χ1n) is 6.64. The van der Waals surface area contributed by atoms with Crippen molar-refractivity contribution in [3.05, 3.63) is 53.9 Å². The Kier molecular flexibility index (Phi) is 5.59. The van der Waals surface area contributed by atoms with Crippen molar-refractivity contribution in [3.63, 3.8) is 0 Å². The van der Waals surface area contributed by atoms with E-state index in [1.165, 1.54) is 11.3 Å². The van der Waals surface area contributed by atoms with Crippen molar-refractivity contribution in [1.29, 1.82) is 0 Å². The molecule has 0 spiro atoms. The summed E-state index contributed by atoms with van der Waals surface area (Å²) in [6.07, 6.45) is 2.87. The van der Waals surface area contributed by atoms with Gasteiger partial charge in [0.05, 0.1) is 12.3 Å². The number of methoxy groups -OCH3 is 1. The highest BCUT2D eigenvalue weighted by Gasteiger charge is 2.02. The summed E-state index contributed by atoms with van der Waals surface area (Å²) in [6.45, 7) is 3.34. The molecule has 1 aromatic heterocycles. The van der Waals surface area contributed by atoms with Gasteiger partial charge in [-0.1, -0.05) is 30.3 Å². The normalized spacial score (nSPS) is 10.8. The van der Waals surface area contributed by atoms with Crippen molar-refractivity contribution < 1.29 is 4.74 Å². The van der Waals surface area contributed by atoms with Crippen LogP contribution >= 0.6 is 0 Å². The molecule has 0 fully saturated rings. The van der Waals surface area contributed by atoms with Crippen molar-refractivity contribution in [1.82, 2.24) is 15.1 Å². The number of hydrogen-bond acceptors (Lipinski definition) is 3. The maximum Gasteiger partial charge on any atom is 0.0587 e. The number of aryl methyl sites for hydroxylation is 2. The highest BCUT2D eigenvalue weighted by atomic mass is 16.5. The summed E-state index contributed by atoms with van der Waals surface area (Å²) in [7, 11) is 1.71. The topological polar surface area (TPSA) is 39.1 Å². The lowest BCUT2D eigenvalue weighted by Gasteiger charge is -2.08. The highest BCUT2D eigenvalue weighted by Crippen LogP contribution is 2.04. The smallest absolute Gasteiger partial charge is 0.0587 e. The molecule has 0 bridgehead atoms. The molecule has 4 nitrogen and oxygen atoms in total. The number of nitrogens with one attached hydrogen (secondary N) is 1. The van der Waals surface area contributed by atoms with Crippen LogP contribution in [0.5, 0.6) is 0 Å². The van der Waals surface area contributed by atoms with Crippen LogP contribution in [0.3, 0.4) is 0 Å². The number of nitrogens with zero attached hydrogens (tertiary/aromatic N) is 2. The van der Waals surface area contributed by atoms with Gasteiger partial charge < -0.3 is 10.1 Å². The molecule has 1 heterocycles. The SMILES string of the molecule is COCCNCc1ccnn1CCc1ccccc1. The van der Waals surface area contributed by atoms with Crippen LogP contribution in [0.15, 0.2) is 42.6 Å². The average Bonchev–Trinajstić information content (AvgIpc) is 2.90. The minimum atomic E-state index is 0.734. The summed E-state index contributed by atoms with van der Waals surface area (Å²) in [6, 6.07) is 12.6. The van der Waals surface area contributed by atoms with E-state index < -0.39 is 0 Å². The second-order valence-electron chi connectivity index (χ2n) is 4.45. The molecule has 1 aromatic carbocycles. The van der Waals surface area contributed by atoms with E-state index in [1.54, 1.807) is 7.11 Å². The van der Waals surface area contributed by atoms with Crippen molar-refractivity contribution in [3.8, 4) is 0 Å². The van der Waals surface area contributed by atoms with Gasteiger partial charge in [-0.15, -0.1) is 0 Å². The molecular weight excluding hydrogens is 238 g/mol. The van der Waals surface area contributed by atoms with Crippen LogP contribution in [0.25, 0.3) is 0 Å². The predicted molar refractivity (Wildman–Crippen MR) is 76.0 cm³/mol. The zero-order valence-electron chi connectivity index (χ0n) is 11.4. The molecule has 19 heavy (non-hydrogen) atoms. The molecule has 0 amide bonds. The van der Waals surface area contributed by atoms with E-state index in [1.807, 2.05) is 12.3 Å². The Labute approximate surface area is 114 Å². The highest BCUT2D eigenvalue weighted by molar-refractivity contribution is 5.14. The lowest BCUT2D eigenvalue weighted by molar-refractivity contribution is 0.199. The van der Waals surface area contributed by atoms with Crippen LogP contribution < -0.4 is 5.32 Å². The predicted octanol–water partition coefficient (Wildman–Crippen LogP) is 1.86. The molecule has 0 aliphatic carbocycles. The molecule has 2 aromatic rings. The van der Waals surface area contributed by atoms with Crippen molar-refractivity contribution >= 4 is 0 Å². The van der Waals surface area contributed by atoms with Gasteiger partial charge in [0.1, 0.15) is 0 Å². The van der Waals surface area contributed by atoms with Gasteiger partial charge in [0, 0.05) is 32.9 Å². The first-order chi connectivity index (χ1) is 9.40. The summed E-state index contributed by atoms with van der Waals surface area (Å²) in [5, 5.41) is 7.72. The second-order valence-corrected chi connectivity index (χ2v) is 4.45. The third-order valence-electron chi connectivity index (χ3n) is 3.05. The summed E-state index contributed by atoms with van der Waals surface area (Å²) < 4.78 is 7.07. The van der Waals surface area contributed by atoms with Crippen LogP contribution in [-0.2, 0) is 24.2 Å². The van der Waals surface area contributed by atoms with Gasteiger partial charge in [-0.3, -0.25) is 4.68 Å². The van der Waals surface area contributed by atoms with Crippen LogP contribution in [0.4, 0.5) is 0 Å². The summed E-state index contributed by atoms with van der Waals surface area (Å²) >= 11 is 0. The van der Waals surface area contributed by atoms with E-state index in [-0.39, 0.29) is 0 Å². The fraction of sp³-hybridized carbons (Fsp3) is 0.400. The third kappa shape index (κ3) is 4.50. The monoisotopic (exact) mass is 259 g/mol. The molecule has 0 atom stereocenters. The van der Waals surface area contributed by atoms with Crippen molar-refractivity contribution in [2.24, 2.45) is 0 Å². The fourth-order valence-electron chi connectivity index (χ4n) is 1.98. The number of ether oxygens (including phenoxy) is 1. The van der Waals surface area contributed by atoms with Gasteiger partial charge in [-0.2, -0.15) is 5.10 Å². The van der Waals surface area contributed by atoms with E-state index in [4.69, 9.17) is 4.74 Å². The lowest BCUT2D eigenvalue weighted by atomic mass is 10.1. The zero-order chi connectivity index (χ0) is 13.3. The third-order valence-corrected chi connectivity index (χ3v) is 3.05. The van der Waals surface area contributed by atoms with Crippen LogP contribution in [0.2, 0.25) is 0 Å². The quantitative estimate of drug-likeness (QED) is 0.736. The molecule has 0 radical (unpaired) electrons. The summed E-state index contributed by atoms with van der Waals surface area (Å²) in [5.74, 6) is 0. The largest absolute Gasteiger partial charge is 0.383 e. The molecule has 0 aliphatic rings. The van der Waals surface area contributed by atoms with E-state index in [2.05, 4.69) is 45.4 Å². The molecule has 2 rings (SSSR count). The Morgan fingerprint density at radius 3 is 2.84 bits per heavy atom. The molecule has 0 aliphatic heterocycles. The Balaban J connectivity index is 1.82. The van der Waals surface area contributed by atoms with Gasteiger partial charge in [0.2, 0.25) is 0 Å². The van der Waals surface area contributed by atoms with Crippen molar-refractivity contribution in [2.75, 3.05) is 20.3 Å². The average molecular weight is 259 g/mol. The van der Waals surface area contributed by atoms with Crippen LogP contribution in [-0.4, -0.2) is 30.0 Å². The van der Waals surface area contributed by atoms with Gasteiger partial charge >= 0.3 is 0 Å². The van der Waals surface area contributed by atoms with Crippen molar-refractivity contribution in [2.45, 2.75) is 19.5 Å². The molecule has 0 saturated carbocycles. The van der Waals surface area contributed by atoms with E-state index in [0.717, 1.165) is 32.7 Å². The molecule has 0 unspecified atom stereocenters. The van der Waals surface area contributed by atoms with Crippen LogP contribution in [0.1, 0.15) is 11.3 Å². The minimum Gasteiger partial charge on any atom is -0.383 e. The van der Waals surface area contributed by atoms with Crippen LogP contribution in [0, 0.1) is 0 Å². The van der Waals surface area contributed by atoms with Gasteiger partial charge in [-0.25, -0.2) is 0 Å². The Hall–Kier alpha value is -1.65. The van der Waals surface area contributed by atoms with Gasteiger partial charge in [0.25, 0.3) is 0 Å². The second kappa shape index (κ2) is 7.71. The lowest BCUT2D eigenvalue weighted by Crippen LogP contribution is -2.21. The molecule has 4 heteroatoms. The Morgan fingerprint density at radius 1 is 1.21 bits per heavy atom. The Morgan fingerprint density at radius 2 is 2.05 bits per heavy atom. The maximum atomic E-state index is 5.01. The summed E-state index contributed by atoms with van der Waals surface area (Å²) in [5.41, 5.74) is 2.56. The minimum absolute atomic E-state index is 0.734. The Bertz CT molecular complexity index is 467. The first kappa shape index (κ1) is 13.8. The number of benzene rings is 1. The fourth-order valence-corrected chi connectivity index (χ4v) is 1.98. The molecular formula is C15H21N3O. The van der Waals surface area contributed by atoms with Gasteiger partial charge in [-0.05, 0) is 18.1 Å². The van der Waals surface area contributed by atoms with E-state index >= 15 is 0 Å². The maximum absolute atomic E-state index is 5.01. The molecule has 1 N–H and O–H groups in total. The number of rotatable bonds is 8. The molecule has 102 valence electrons. The van der Waals surface area contributed by atoms with Gasteiger partial charge in [0.15, 0.2) is 0 Å². The number of aromatic nitrogens is 2. The zero-order valence-corrected chi connectivity index (χ0v) is 11.4. The number of hydrogen-bond donors (Lipinski definition) is 1. The molecule has 0 saturated heterocycles. The van der Waals surface area contributed by atoms with E-state index in [0.29, 0.717) is 0 Å². The standard InChI is InChI=1S/C15H21N3O/c1-19-12-10-16-13-15-7-9-17-18(15)11-8-14-5-3-2-4-6-14/h2-7,9,16H,8,10-13H2,1H3. The summed E-state index contributed by atoms with van der Waals surface area (Å²) in [4.78, 5) is 0. The first-order valence-corrected chi connectivity index (χ1v) is 6.64. The van der Waals surface area contributed by atoms with E-state index in [9.17, 15) is 0 Å².